The number of rotatable bonds is 7. The average Bonchev–Trinajstić information content (AvgIpc) is 3.07. The summed E-state index contributed by atoms with van der Waals surface area (Å²) in [6.07, 6.45) is 3.76. The summed E-state index contributed by atoms with van der Waals surface area (Å²) in [4.78, 5) is 6.82. The number of guanidine groups is 1. The van der Waals surface area contributed by atoms with Crippen molar-refractivity contribution in [1.82, 2.24) is 25.3 Å². The zero-order chi connectivity index (χ0) is 16.5. The molecule has 1 fully saturated rings. The Hall–Kier alpha value is -1.60. The Morgan fingerprint density at radius 1 is 1.30 bits per heavy atom. The van der Waals surface area contributed by atoms with Crippen molar-refractivity contribution < 1.29 is 4.74 Å². The minimum Gasteiger partial charge on any atom is -0.379 e. The van der Waals surface area contributed by atoms with Crippen molar-refractivity contribution in [3.8, 4) is 0 Å². The highest BCUT2D eigenvalue weighted by atomic mass is 16.5. The van der Waals surface area contributed by atoms with Crippen molar-refractivity contribution in [2.24, 2.45) is 10.9 Å². The van der Waals surface area contributed by atoms with E-state index in [1.165, 1.54) is 0 Å². The van der Waals surface area contributed by atoms with Crippen LogP contribution in [0, 0.1) is 5.92 Å². The minimum atomic E-state index is 0.489. The highest BCUT2D eigenvalue weighted by molar-refractivity contribution is 5.79. The Bertz CT molecular complexity index is 453. The summed E-state index contributed by atoms with van der Waals surface area (Å²) < 4.78 is 7.37. The van der Waals surface area contributed by atoms with Crippen molar-refractivity contribution in [3.05, 3.63) is 18.5 Å². The molecule has 23 heavy (non-hydrogen) atoms. The third kappa shape index (κ3) is 5.84. The fraction of sp³-hybridized carbons (Fsp3) is 0.750. The topological polar surface area (TPSA) is 66.7 Å². The molecular weight excluding hydrogens is 292 g/mol. The van der Waals surface area contributed by atoms with Crippen LogP contribution in [0.25, 0.3) is 0 Å². The summed E-state index contributed by atoms with van der Waals surface area (Å²) in [5.74, 6) is 1.43. The molecule has 1 aliphatic rings. The van der Waals surface area contributed by atoms with Crippen molar-refractivity contribution in [1.29, 1.82) is 0 Å². The standard InChI is InChI=1S/C16H30N6O/c1-14(2)15(21-9-11-23-12-10-21)13-19-16(17-3)18-6-8-22-7-4-5-20-22/h4-5,7,14-15H,6,8-13H2,1-3H3,(H2,17,18,19). The van der Waals surface area contributed by atoms with Gasteiger partial charge >= 0.3 is 0 Å². The van der Waals surface area contributed by atoms with Crippen molar-refractivity contribution in [3.63, 3.8) is 0 Å². The molecule has 0 bridgehead atoms. The third-order valence-electron chi connectivity index (χ3n) is 4.18. The number of morpholine rings is 1. The Morgan fingerprint density at radius 3 is 2.70 bits per heavy atom. The van der Waals surface area contributed by atoms with Gasteiger partial charge in [0.25, 0.3) is 0 Å². The van der Waals surface area contributed by atoms with E-state index in [4.69, 9.17) is 4.74 Å². The van der Waals surface area contributed by atoms with Crippen LogP contribution in [0.15, 0.2) is 23.5 Å². The van der Waals surface area contributed by atoms with Gasteiger partial charge in [-0.15, -0.1) is 0 Å². The van der Waals surface area contributed by atoms with Crippen LogP contribution in [0.5, 0.6) is 0 Å². The zero-order valence-electron chi connectivity index (χ0n) is 14.5. The smallest absolute Gasteiger partial charge is 0.191 e. The molecule has 0 radical (unpaired) electrons. The summed E-state index contributed by atoms with van der Waals surface area (Å²) in [7, 11) is 1.81. The first kappa shape index (κ1) is 17.7. The molecule has 0 aliphatic carbocycles. The second-order valence-electron chi connectivity index (χ2n) is 6.11. The molecule has 1 unspecified atom stereocenters. The second kappa shape index (κ2) is 9.52. The van der Waals surface area contributed by atoms with E-state index in [1.807, 2.05) is 24.0 Å². The molecule has 0 saturated carbocycles. The number of hydrogen-bond acceptors (Lipinski definition) is 4. The Balaban J connectivity index is 1.75. The minimum absolute atomic E-state index is 0.489. The third-order valence-corrected chi connectivity index (χ3v) is 4.18. The van der Waals surface area contributed by atoms with E-state index < -0.39 is 0 Å². The van der Waals surface area contributed by atoms with E-state index in [0.29, 0.717) is 12.0 Å². The van der Waals surface area contributed by atoms with Crippen LogP contribution in [-0.4, -0.2) is 73.1 Å². The largest absolute Gasteiger partial charge is 0.379 e. The number of aromatic nitrogens is 2. The molecule has 7 heteroatoms. The van der Waals surface area contributed by atoms with Crippen molar-refractivity contribution >= 4 is 5.96 Å². The lowest BCUT2D eigenvalue weighted by Gasteiger charge is -2.37. The fourth-order valence-electron chi connectivity index (χ4n) is 2.84. The van der Waals surface area contributed by atoms with Crippen LogP contribution in [0.1, 0.15) is 13.8 Å². The van der Waals surface area contributed by atoms with E-state index in [2.05, 4.69) is 39.5 Å². The van der Waals surface area contributed by atoms with Gasteiger partial charge < -0.3 is 15.4 Å². The van der Waals surface area contributed by atoms with Gasteiger partial charge in [0.1, 0.15) is 0 Å². The lowest BCUT2D eigenvalue weighted by molar-refractivity contribution is 0.00752. The molecule has 2 rings (SSSR count). The molecule has 0 spiro atoms. The van der Waals surface area contributed by atoms with E-state index in [9.17, 15) is 0 Å². The lowest BCUT2D eigenvalue weighted by atomic mass is 10.0. The van der Waals surface area contributed by atoms with Gasteiger partial charge in [-0.25, -0.2) is 0 Å². The van der Waals surface area contributed by atoms with Crippen molar-refractivity contribution in [2.75, 3.05) is 46.4 Å². The van der Waals surface area contributed by atoms with Gasteiger partial charge in [-0.1, -0.05) is 13.8 Å². The monoisotopic (exact) mass is 322 g/mol. The maximum Gasteiger partial charge on any atom is 0.191 e. The molecule has 0 aromatic carbocycles. The molecule has 7 nitrogen and oxygen atoms in total. The predicted octanol–water partition coefficient (Wildman–Crippen LogP) is 0.405. The summed E-state index contributed by atoms with van der Waals surface area (Å²) >= 11 is 0. The molecular formula is C16H30N6O. The van der Waals surface area contributed by atoms with Gasteiger partial charge in [-0.3, -0.25) is 14.6 Å². The van der Waals surface area contributed by atoms with Gasteiger partial charge in [0, 0.05) is 51.7 Å². The normalized spacial score (nSPS) is 18.2. The Kier molecular flexibility index (Phi) is 7.35. The first-order valence-corrected chi connectivity index (χ1v) is 8.44. The van der Waals surface area contributed by atoms with Crippen LogP contribution in [0.2, 0.25) is 0 Å². The number of nitrogens with zero attached hydrogens (tertiary/aromatic N) is 4. The van der Waals surface area contributed by atoms with E-state index in [0.717, 1.165) is 51.9 Å². The molecule has 2 heterocycles. The van der Waals surface area contributed by atoms with E-state index in [1.54, 1.807) is 6.20 Å². The van der Waals surface area contributed by atoms with Crippen LogP contribution >= 0.6 is 0 Å². The molecule has 0 amide bonds. The number of aliphatic imine (C=N–C) groups is 1. The van der Waals surface area contributed by atoms with E-state index >= 15 is 0 Å². The number of hydrogen-bond donors (Lipinski definition) is 2. The number of ether oxygens (including phenoxy) is 1. The summed E-state index contributed by atoms with van der Waals surface area (Å²) in [6.45, 7) is 10.7. The van der Waals surface area contributed by atoms with Gasteiger partial charge in [0.15, 0.2) is 5.96 Å². The first-order chi connectivity index (χ1) is 11.2. The average molecular weight is 322 g/mol. The SMILES string of the molecule is CN=C(NCCn1cccn1)NCC(C(C)C)N1CCOCC1. The first-order valence-electron chi connectivity index (χ1n) is 8.44. The zero-order valence-corrected chi connectivity index (χ0v) is 14.5. The second-order valence-corrected chi connectivity index (χ2v) is 6.11. The van der Waals surface area contributed by atoms with Crippen LogP contribution in [0.3, 0.4) is 0 Å². The maximum absolute atomic E-state index is 5.46. The van der Waals surface area contributed by atoms with Crippen LogP contribution in [0.4, 0.5) is 0 Å². The maximum atomic E-state index is 5.46. The molecule has 130 valence electrons. The molecule has 1 saturated heterocycles. The lowest BCUT2D eigenvalue weighted by Crippen LogP contribution is -2.52. The molecule has 2 N–H and O–H groups in total. The Morgan fingerprint density at radius 2 is 2.09 bits per heavy atom. The summed E-state index contributed by atoms with van der Waals surface area (Å²) in [6, 6.07) is 2.42. The summed E-state index contributed by atoms with van der Waals surface area (Å²) in [5.41, 5.74) is 0. The van der Waals surface area contributed by atoms with Gasteiger partial charge in [-0.2, -0.15) is 5.10 Å². The van der Waals surface area contributed by atoms with Crippen LogP contribution < -0.4 is 10.6 Å². The predicted molar refractivity (Wildman–Crippen MR) is 92.6 cm³/mol. The van der Waals surface area contributed by atoms with Gasteiger partial charge in [0.2, 0.25) is 0 Å². The molecule has 1 atom stereocenters. The van der Waals surface area contributed by atoms with Gasteiger partial charge in [0.05, 0.1) is 19.8 Å². The number of nitrogens with one attached hydrogen (secondary N) is 2. The fourth-order valence-corrected chi connectivity index (χ4v) is 2.84. The molecule has 1 aromatic rings. The Labute approximate surface area is 139 Å². The van der Waals surface area contributed by atoms with Gasteiger partial charge in [-0.05, 0) is 12.0 Å². The molecule has 1 aliphatic heterocycles. The molecule has 1 aromatic heterocycles. The highest BCUT2D eigenvalue weighted by Gasteiger charge is 2.23. The van der Waals surface area contributed by atoms with Crippen molar-refractivity contribution in [2.45, 2.75) is 26.4 Å². The van der Waals surface area contributed by atoms with E-state index in [-0.39, 0.29) is 0 Å². The summed E-state index contributed by atoms with van der Waals surface area (Å²) in [5, 5.41) is 11.0. The highest BCUT2D eigenvalue weighted by Crippen LogP contribution is 2.12. The van der Waals surface area contributed by atoms with Crippen LogP contribution in [-0.2, 0) is 11.3 Å². The quantitative estimate of drug-likeness (QED) is 0.562.